The molecule has 11 heavy (non-hydrogen) atoms. The zero-order valence-electron chi connectivity index (χ0n) is 7.30. The lowest BCUT2D eigenvalue weighted by atomic mass is 9.49. The summed E-state index contributed by atoms with van der Waals surface area (Å²) in [6.07, 6.45) is 5.16. The Balaban J connectivity index is 2.26. The van der Waals surface area contributed by atoms with Gasteiger partial charge in [-0.05, 0) is 42.8 Å². The van der Waals surface area contributed by atoms with Crippen LogP contribution in [0.4, 0.5) is 0 Å². The summed E-state index contributed by atoms with van der Waals surface area (Å²) < 4.78 is 0. The van der Waals surface area contributed by atoms with Crippen LogP contribution in [-0.2, 0) is 0 Å². The molecule has 3 aliphatic rings. The van der Waals surface area contributed by atoms with Gasteiger partial charge in [0.25, 0.3) is 0 Å². The van der Waals surface area contributed by atoms with E-state index in [-0.39, 0.29) is 0 Å². The Labute approximate surface area is 74.5 Å². The molecule has 2 bridgehead atoms. The topological polar surface area (TPSA) is 0 Å². The molecule has 1 saturated carbocycles. The minimum Gasteiger partial charge on any atom is -0.179 e. The highest BCUT2D eigenvalue weighted by Crippen LogP contribution is 2.59. The summed E-state index contributed by atoms with van der Waals surface area (Å²) >= 11 is 4.45. The second kappa shape index (κ2) is 2.29. The van der Waals surface area contributed by atoms with E-state index in [9.17, 15) is 0 Å². The molecule has 3 aliphatic carbocycles. The van der Waals surface area contributed by atoms with Crippen LogP contribution in [0.15, 0.2) is 11.6 Å². The summed E-state index contributed by atoms with van der Waals surface area (Å²) in [5, 5.41) is 0. The van der Waals surface area contributed by atoms with Gasteiger partial charge < -0.3 is 0 Å². The van der Waals surface area contributed by atoms with Gasteiger partial charge in [0.15, 0.2) is 0 Å². The highest BCUT2D eigenvalue weighted by atomic mass is 32.1. The van der Waals surface area contributed by atoms with E-state index in [1.165, 1.54) is 12.8 Å². The van der Waals surface area contributed by atoms with Crippen LogP contribution < -0.4 is 0 Å². The summed E-state index contributed by atoms with van der Waals surface area (Å²) in [7, 11) is 0. The molecule has 0 N–H and O–H groups in total. The van der Waals surface area contributed by atoms with E-state index in [0.29, 0.717) is 5.41 Å². The van der Waals surface area contributed by atoms with Gasteiger partial charge in [-0.3, -0.25) is 0 Å². The third kappa shape index (κ3) is 0.837. The van der Waals surface area contributed by atoms with Crippen molar-refractivity contribution < 1.29 is 0 Å². The molecule has 0 aromatic heterocycles. The lowest BCUT2D eigenvalue weighted by molar-refractivity contribution is -0.000516. The maximum absolute atomic E-state index is 4.45. The number of thiol groups is 1. The van der Waals surface area contributed by atoms with Crippen LogP contribution in [0.1, 0.15) is 26.7 Å². The first kappa shape index (κ1) is 7.72. The van der Waals surface area contributed by atoms with Crippen molar-refractivity contribution in [1.82, 2.24) is 0 Å². The van der Waals surface area contributed by atoms with Crippen molar-refractivity contribution in [2.24, 2.45) is 17.3 Å². The number of hydrogen-bond donors (Lipinski definition) is 1. The lowest BCUT2D eigenvalue weighted by Gasteiger charge is -2.57. The highest BCUT2D eigenvalue weighted by Gasteiger charge is 2.52. The molecular formula is C10H16S. The van der Waals surface area contributed by atoms with Crippen molar-refractivity contribution in [3.63, 3.8) is 0 Å². The van der Waals surface area contributed by atoms with Crippen molar-refractivity contribution >= 4 is 12.6 Å². The van der Waals surface area contributed by atoms with Crippen LogP contribution in [-0.4, -0.2) is 5.75 Å². The molecule has 0 aromatic carbocycles. The molecule has 0 aliphatic heterocycles. The third-order valence-corrected chi connectivity index (χ3v) is 4.54. The first-order chi connectivity index (χ1) is 5.18. The van der Waals surface area contributed by atoms with Gasteiger partial charge in [-0.1, -0.05) is 18.6 Å². The van der Waals surface area contributed by atoms with Gasteiger partial charge in [-0.2, -0.15) is 12.6 Å². The van der Waals surface area contributed by atoms with Crippen LogP contribution >= 0.6 is 12.6 Å². The average Bonchev–Trinajstić information content (AvgIpc) is 2.02. The molecule has 0 amide bonds. The molecule has 0 spiro atoms. The van der Waals surface area contributed by atoms with Crippen molar-refractivity contribution in [3.05, 3.63) is 11.6 Å². The van der Waals surface area contributed by atoms with Crippen LogP contribution in [0, 0.1) is 17.3 Å². The molecule has 1 heteroatoms. The van der Waals surface area contributed by atoms with E-state index in [1.807, 2.05) is 0 Å². The monoisotopic (exact) mass is 168 g/mol. The molecule has 0 saturated heterocycles. The molecule has 0 radical (unpaired) electrons. The molecule has 0 aromatic rings. The quantitative estimate of drug-likeness (QED) is 0.452. The second-order valence-corrected chi connectivity index (χ2v) is 4.65. The smallest absolute Gasteiger partial charge is 0.00353 e. The summed E-state index contributed by atoms with van der Waals surface area (Å²) in [6, 6.07) is 0. The van der Waals surface area contributed by atoms with E-state index < -0.39 is 0 Å². The Kier molecular flexibility index (Phi) is 1.61. The number of hydrogen-bond acceptors (Lipinski definition) is 1. The van der Waals surface area contributed by atoms with Gasteiger partial charge in [0.2, 0.25) is 0 Å². The van der Waals surface area contributed by atoms with Gasteiger partial charge in [0, 0.05) is 0 Å². The van der Waals surface area contributed by atoms with E-state index in [4.69, 9.17) is 0 Å². The first-order valence-electron chi connectivity index (χ1n) is 4.46. The minimum atomic E-state index is 0.544. The maximum Gasteiger partial charge on any atom is -0.00353 e. The summed E-state index contributed by atoms with van der Waals surface area (Å²) in [4.78, 5) is 0. The van der Waals surface area contributed by atoms with E-state index >= 15 is 0 Å². The zero-order valence-corrected chi connectivity index (χ0v) is 8.20. The minimum absolute atomic E-state index is 0.544. The number of allylic oxidation sites excluding steroid dienone is 2. The molecule has 0 nitrogen and oxygen atoms in total. The van der Waals surface area contributed by atoms with Gasteiger partial charge in [-0.15, -0.1) is 0 Å². The van der Waals surface area contributed by atoms with E-state index in [2.05, 4.69) is 32.6 Å². The standard InChI is InChI=1S/C10H16S/c1-7-3-4-8-5-9(7)10(8,2)6-11/h3,8-9,11H,4-6H2,1-2H3/t8-,9-,10+/m0/s1. The number of rotatable bonds is 1. The Morgan fingerprint density at radius 1 is 1.73 bits per heavy atom. The largest absolute Gasteiger partial charge is 0.179 e. The summed E-state index contributed by atoms with van der Waals surface area (Å²) in [5.74, 6) is 2.86. The SMILES string of the molecule is CC1=CC[C@H]2C[C@@H]1[C@]2(C)CS. The predicted molar refractivity (Wildman–Crippen MR) is 51.9 cm³/mol. The Morgan fingerprint density at radius 3 is 2.82 bits per heavy atom. The molecule has 62 valence electrons. The van der Waals surface area contributed by atoms with Crippen molar-refractivity contribution in [1.29, 1.82) is 0 Å². The molecule has 3 atom stereocenters. The first-order valence-corrected chi connectivity index (χ1v) is 5.09. The van der Waals surface area contributed by atoms with E-state index in [1.54, 1.807) is 5.57 Å². The highest BCUT2D eigenvalue weighted by molar-refractivity contribution is 7.80. The van der Waals surface area contributed by atoms with Gasteiger partial charge in [0.05, 0.1) is 0 Å². The summed E-state index contributed by atoms with van der Waals surface area (Å²) in [6.45, 7) is 4.68. The Hall–Kier alpha value is 0.0900. The predicted octanol–water partition coefficient (Wildman–Crippen LogP) is 2.91. The van der Waals surface area contributed by atoms with Gasteiger partial charge in [0.1, 0.15) is 0 Å². The molecule has 0 unspecified atom stereocenters. The lowest BCUT2D eigenvalue weighted by Crippen LogP contribution is -2.50. The van der Waals surface area contributed by atoms with E-state index in [0.717, 1.165) is 17.6 Å². The molecular weight excluding hydrogens is 152 g/mol. The number of fused-ring (bicyclic) bond motifs is 1. The normalized spacial score (nSPS) is 48.1. The fourth-order valence-electron chi connectivity index (χ4n) is 2.73. The fraction of sp³-hybridized carbons (Fsp3) is 0.800. The zero-order chi connectivity index (χ0) is 8.06. The summed E-state index contributed by atoms with van der Waals surface area (Å²) in [5.41, 5.74) is 2.16. The van der Waals surface area contributed by atoms with Crippen LogP contribution in [0.3, 0.4) is 0 Å². The van der Waals surface area contributed by atoms with Crippen LogP contribution in [0.25, 0.3) is 0 Å². The molecule has 1 fully saturated rings. The van der Waals surface area contributed by atoms with Crippen LogP contribution in [0.2, 0.25) is 0 Å². The molecule has 0 heterocycles. The maximum atomic E-state index is 4.45. The van der Waals surface area contributed by atoms with Crippen molar-refractivity contribution in [2.75, 3.05) is 5.75 Å². The van der Waals surface area contributed by atoms with Crippen LogP contribution in [0.5, 0.6) is 0 Å². The van der Waals surface area contributed by atoms with Crippen molar-refractivity contribution in [2.45, 2.75) is 26.7 Å². The average molecular weight is 168 g/mol. The second-order valence-electron chi connectivity index (χ2n) is 4.33. The third-order valence-electron chi connectivity index (χ3n) is 3.86. The van der Waals surface area contributed by atoms with Crippen molar-refractivity contribution in [3.8, 4) is 0 Å². The Morgan fingerprint density at radius 2 is 2.45 bits per heavy atom. The van der Waals surface area contributed by atoms with Gasteiger partial charge in [-0.25, -0.2) is 0 Å². The van der Waals surface area contributed by atoms with Gasteiger partial charge >= 0.3 is 0 Å². The fourth-order valence-corrected chi connectivity index (χ4v) is 3.21. The Bertz CT molecular complexity index is 207. The molecule has 3 rings (SSSR count).